The second kappa shape index (κ2) is 14.4. The Morgan fingerprint density at radius 3 is 2.32 bits per heavy atom. The van der Waals surface area contributed by atoms with Crippen LogP contribution in [-0.2, 0) is 19.1 Å². The van der Waals surface area contributed by atoms with E-state index >= 15 is 0 Å². The first kappa shape index (κ1) is 29.0. The third kappa shape index (κ3) is 8.76. The Hall–Kier alpha value is -3.59. The fourth-order valence-corrected chi connectivity index (χ4v) is 4.27. The molecule has 0 aromatic heterocycles. The van der Waals surface area contributed by atoms with Crippen molar-refractivity contribution in [2.45, 2.75) is 18.2 Å². The number of amides is 2. The zero-order chi connectivity index (χ0) is 27.5. The van der Waals surface area contributed by atoms with Crippen molar-refractivity contribution in [3.05, 3.63) is 99.7 Å². The summed E-state index contributed by atoms with van der Waals surface area (Å²) in [5.74, 6) is -1.71. The third-order valence-electron chi connectivity index (χ3n) is 4.97. The SMILES string of the molecule is CCOC(=O)CC(=O)CSc1ccc(NC(=O)/C(=C/c2cccc(Cl)c2Cl)NC(=O)c2ccccc2)cc1. The minimum Gasteiger partial charge on any atom is -0.466 e. The van der Waals surface area contributed by atoms with Gasteiger partial charge < -0.3 is 15.4 Å². The van der Waals surface area contributed by atoms with Crippen LogP contribution >= 0.6 is 35.0 Å². The van der Waals surface area contributed by atoms with Crippen LogP contribution in [0.5, 0.6) is 0 Å². The molecule has 3 aromatic carbocycles. The van der Waals surface area contributed by atoms with Gasteiger partial charge in [-0.3, -0.25) is 19.2 Å². The number of thioether (sulfide) groups is 1. The summed E-state index contributed by atoms with van der Waals surface area (Å²) in [6, 6.07) is 20.3. The molecule has 196 valence electrons. The fourth-order valence-electron chi connectivity index (χ4n) is 3.15. The highest BCUT2D eigenvalue weighted by molar-refractivity contribution is 8.00. The van der Waals surface area contributed by atoms with Gasteiger partial charge in [0.2, 0.25) is 0 Å². The summed E-state index contributed by atoms with van der Waals surface area (Å²) in [6.07, 6.45) is 1.18. The predicted molar refractivity (Wildman–Crippen MR) is 150 cm³/mol. The number of ether oxygens (including phenoxy) is 1. The summed E-state index contributed by atoms with van der Waals surface area (Å²) in [5.41, 5.74) is 1.26. The summed E-state index contributed by atoms with van der Waals surface area (Å²) in [5, 5.41) is 5.95. The normalized spacial score (nSPS) is 11.0. The molecule has 0 spiro atoms. The number of esters is 1. The second-order valence-electron chi connectivity index (χ2n) is 7.81. The van der Waals surface area contributed by atoms with Gasteiger partial charge in [-0.05, 0) is 61.0 Å². The Morgan fingerprint density at radius 1 is 0.921 bits per heavy atom. The largest absolute Gasteiger partial charge is 0.466 e. The Labute approximate surface area is 234 Å². The topological polar surface area (TPSA) is 102 Å². The zero-order valence-electron chi connectivity index (χ0n) is 20.3. The van der Waals surface area contributed by atoms with Crippen molar-refractivity contribution in [3.8, 4) is 0 Å². The summed E-state index contributed by atoms with van der Waals surface area (Å²) < 4.78 is 4.78. The smallest absolute Gasteiger partial charge is 0.313 e. The molecular formula is C28H24Cl2N2O5S. The lowest BCUT2D eigenvalue weighted by atomic mass is 10.1. The number of nitrogens with one attached hydrogen (secondary N) is 2. The molecule has 0 atom stereocenters. The molecular weight excluding hydrogens is 547 g/mol. The van der Waals surface area contributed by atoms with Gasteiger partial charge in [-0.2, -0.15) is 0 Å². The van der Waals surface area contributed by atoms with Gasteiger partial charge in [0, 0.05) is 16.1 Å². The number of hydrogen-bond donors (Lipinski definition) is 2. The number of ketones is 1. The standard InChI is InChI=1S/C28H24Cl2N2O5S/c1-2-37-25(34)16-21(33)17-38-22-13-11-20(12-14-22)31-28(36)24(15-19-9-6-10-23(29)26(19)30)32-27(35)18-7-4-3-5-8-18/h3-15H,2,16-17H2,1H3,(H,31,36)(H,32,35)/b24-15-. The van der Waals surface area contributed by atoms with E-state index in [1.807, 2.05) is 0 Å². The van der Waals surface area contributed by atoms with E-state index in [1.54, 1.807) is 79.7 Å². The zero-order valence-corrected chi connectivity index (χ0v) is 22.7. The average molecular weight is 571 g/mol. The van der Waals surface area contributed by atoms with E-state index < -0.39 is 17.8 Å². The van der Waals surface area contributed by atoms with E-state index in [0.717, 1.165) is 4.90 Å². The molecule has 0 bridgehead atoms. The van der Waals surface area contributed by atoms with Crippen molar-refractivity contribution in [3.63, 3.8) is 0 Å². The van der Waals surface area contributed by atoms with Crippen LogP contribution in [0.3, 0.4) is 0 Å². The highest BCUT2D eigenvalue weighted by Crippen LogP contribution is 2.27. The van der Waals surface area contributed by atoms with Crippen LogP contribution in [0.2, 0.25) is 10.0 Å². The number of carbonyl (C=O) groups is 4. The average Bonchev–Trinajstić information content (AvgIpc) is 2.91. The van der Waals surface area contributed by atoms with E-state index in [-0.39, 0.29) is 35.3 Å². The van der Waals surface area contributed by atoms with E-state index in [2.05, 4.69) is 10.6 Å². The van der Waals surface area contributed by atoms with Gasteiger partial charge >= 0.3 is 5.97 Å². The quantitative estimate of drug-likeness (QED) is 0.126. The molecule has 7 nitrogen and oxygen atoms in total. The van der Waals surface area contributed by atoms with Gasteiger partial charge in [-0.15, -0.1) is 11.8 Å². The lowest BCUT2D eigenvalue weighted by molar-refractivity contribution is -0.145. The molecule has 2 amide bonds. The van der Waals surface area contributed by atoms with Gasteiger partial charge in [0.25, 0.3) is 11.8 Å². The maximum atomic E-state index is 13.2. The van der Waals surface area contributed by atoms with Crippen molar-refractivity contribution < 1.29 is 23.9 Å². The van der Waals surface area contributed by atoms with Gasteiger partial charge in [0.15, 0.2) is 5.78 Å². The highest BCUT2D eigenvalue weighted by atomic mass is 35.5. The molecule has 3 aromatic rings. The van der Waals surface area contributed by atoms with Gasteiger partial charge in [0.05, 0.1) is 22.4 Å². The fraction of sp³-hybridized carbons (Fsp3) is 0.143. The Kier molecular flexibility index (Phi) is 11.0. The van der Waals surface area contributed by atoms with E-state index in [4.69, 9.17) is 27.9 Å². The molecule has 3 rings (SSSR count). The van der Waals surface area contributed by atoms with Crippen molar-refractivity contribution in [2.24, 2.45) is 0 Å². The van der Waals surface area contributed by atoms with Crippen molar-refractivity contribution in [1.82, 2.24) is 5.32 Å². The lowest BCUT2D eigenvalue weighted by Gasteiger charge is -2.12. The number of anilines is 1. The van der Waals surface area contributed by atoms with Crippen molar-refractivity contribution in [1.29, 1.82) is 0 Å². The van der Waals surface area contributed by atoms with Crippen molar-refractivity contribution >= 4 is 70.3 Å². The maximum Gasteiger partial charge on any atom is 0.313 e. The lowest BCUT2D eigenvalue weighted by Crippen LogP contribution is -2.30. The second-order valence-corrected chi connectivity index (χ2v) is 9.64. The number of halogens is 2. The summed E-state index contributed by atoms with van der Waals surface area (Å²) >= 11 is 13.7. The van der Waals surface area contributed by atoms with E-state index in [0.29, 0.717) is 21.8 Å². The van der Waals surface area contributed by atoms with E-state index in [1.165, 1.54) is 17.8 Å². The molecule has 0 fully saturated rings. The number of Topliss-reactive ketones (excluding diaryl/α,β-unsaturated/α-hetero) is 1. The van der Waals surface area contributed by atoms with Crippen LogP contribution in [0.1, 0.15) is 29.3 Å². The molecule has 0 heterocycles. The summed E-state index contributed by atoms with van der Waals surface area (Å²) in [6.45, 7) is 1.91. The van der Waals surface area contributed by atoms with Crippen LogP contribution < -0.4 is 10.6 Å². The number of carbonyl (C=O) groups excluding carboxylic acids is 4. The Morgan fingerprint density at radius 2 is 1.63 bits per heavy atom. The third-order valence-corrected chi connectivity index (χ3v) is 6.87. The van der Waals surface area contributed by atoms with Crippen LogP contribution in [0.15, 0.2) is 83.4 Å². The first-order valence-electron chi connectivity index (χ1n) is 11.5. The number of rotatable bonds is 11. The first-order chi connectivity index (χ1) is 18.3. The molecule has 0 saturated heterocycles. The highest BCUT2D eigenvalue weighted by Gasteiger charge is 2.16. The molecule has 10 heteroatoms. The Balaban J connectivity index is 1.72. The molecule has 0 aliphatic heterocycles. The molecule has 0 aliphatic carbocycles. The summed E-state index contributed by atoms with van der Waals surface area (Å²) in [7, 11) is 0. The predicted octanol–water partition coefficient (Wildman–Crippen LogP) is 6.02. The monoisotopic (exact) mass is 570 g/mol. The van der Waals surface area contributed by atoms with Crippen LogP contribution in [0.4, 0.5) is 5.69 Å². The molecule has 0 radical (unpaired) electrons. The number of hydrogen-bond acceptors (Lipinski definition) is 6. The molecule has 38 heavy (non-hydrogen) atoms. The minimum atomic E-state index is -0.574. The van der Waals surface area contributed by atoms with Gasteiger partial charge in [0.1, 0.15) is 12.1 Å². The minimum absolute atomic E-state index is 0.0361. The molecule has 0 saturated carbocycles. The molecule has 0 aliphatic rings. The van der Waals surface area contributed by atoms with Gasteiger partial charge in [-0.25, -0.2) is 0 Å². The number of benzene rings is 3. The van der Waals surface area contributed by atoms with Crippen LogP contribution in [-0.4, -0.2) is 35.9 Å². The molecule has 0 unspecified atom stereocenters. The van der Waals surface area contributed by atoms with Crippen molar-refractivity contribution in [2.75, 3.05) is 17.7 Å². The Bertz CT molecular complexity index is 1350. The molecule has 2 N–H and O–H groups in total. The van der Waals surface area contributed by atoms with Crippen LogP contribution in [0, 0.1) is 0 Å². The summed E-state index contributed by atoms with van der Waals surface area (Å²) in [4.78, 5) is 50.1. The van der Waals surface area contributed by atoms with Crippen LogP contribution in [0.25, 0.3) is 6.08 Å². The maximum absolute atomic E-state index is 13.2. The van der Waals surface area contributed by atoms with Gasteiger partial charge in [-0.1, -0.05) is 53.5 Å². The van der Waals surface area contributed by atoms with E-state index in [9.17, 15) is 19.2 Å². The first-order valence-corrected chi connectivity index (χ1v) is 13.2.